The molecule has 1 saturated carbocycles. The summed E-state index contributed by atoms with van der Waals surface area (Å²) in [5.41, 5.74) is 3.19. The summed E-state index contributed by atoms with van der Waals surface area (Å²) >= 11 is 0. The van der Waals surface area contributed by atoms with Crippen LogP contribution in [0.25, 0.3) is 0 Å². The molecule has 2 nitrogen and oxygen atoms in total. The van der Waals surface area contributed by atoms with Crippen LogP contribution in [0, 0.1) is 33.5 Å². The van der Waals surface area contributed by atoms with E-state index >= 15 is 0 Å². The van der Waals surface area contributed by atoms with Gasteiger partial charge in [0.25, 0.3) is 0 Å². The van der Waals surface area contributed by atoms with E-state index in [1.165, 1.54) is 6.07 Å². The zero-order chi connectivity index (χ0) is 16.8. The lowest BCUT2D eigenvalue weighted by Gasteiger charge is -2.21. The molecule has 0 spiro atoms. The van der Waals surface area contributed by atoms with Gasteiger partial charge < -0.3 is 4.74 Å². The fourth-order valence-corrected chi connectivity index (χ4v) is 3.06. The number of Topliss-reactive ketones (excluding diaryl/α,β-unsaturated/α-hetero) is 1. The van der Waals surface area contributed by atoms with Crippen LogP contribution in [0.4, 0.5) is 4.39 Å². The van der Waals surface area contributed by atoms with Crippen molar-refractivity contribution in [3.8, 4) is 5.75 Å². The molecule has 1 aliphatic carbocycles. The lowest BCUT2D eigenvalue weighted by atomic mass is 10.0. The molecule has 0 saturated heterocycles. The zero-order valence-electron chi connectivity index (χ0n) is 14.0. The van der Waals surface area contributed by atoms with Gasteiger partial charge >= 0.3 is 0 Å². The molecule has 0 heterocycles. The molecule has 3 rings (SSSR count). The lowest BCUT2D eigenvalue weighted by molar-refractivity contribution is 0.0739. The van der Waals surface area contributed by atoms with Gasteiger partial charge in [-0.25, -0.2) is 4.39 Å². The van der Waals surface area contributed by atoms with Gasteiger partial charge in [0.15, 0.2) is 5.60 Å². The van der Waals surface area contributed by atoms with Crippen molar-refractivity contribution in [2.24, 2.45) is 0 Å². The largest absolute Gasteiger partial charge is 0.479 e. The summed E-state index contributed by atoms with van der Waals surface area (Å²) < 4.78 is 20.2. The number of ether oxygens (including phenoxy) is 1. The van der Waals surface area contributed by atoms with Crippen LogP contribution in [0.15, 0.2) is 30.3 Å². The Morgan fingerprint density at radius 1 is 1.00 bits per heavy atom. The van der Waals surface area contributed by atoms with Crippen molar-refractivity contribution in [2.45, 2.75) is 46.1 Å². The van der Waals surface area contributed by atoms with Gasteiger partial charge in [-0.1, -0.05) is 23.8 Å². The average molecular weight is 312 g/mol. The minimum absolute atomic E-state index is 0.121. The van der Waals surface area contributed by atoms with Crippen LogP contribution < -0.4 is 4.74 Å². The van der Waals surface area contributed by atoms with Crippen molar-refractivity contribution in [2.75, 3.05) is 0 Å². The summed E-state index contributed by atoms with van der Waals surface area (Å²) in [5.74, 6) is 0.0190. The summed E-state index contributed by atoms with van der Waals surface area (Å²) in [5, 5.41) is 0. The molecule has 120 valence electrons. The number of rotatable bonds is 4. The number of benzene rings is 2. The molecule has 23 heavy (non-hydrogen) atoms. The number of halogens is 1. The maximum Gasteiger partial charge on any atom is 0.209 e. The molecule has 0 aliphatic heterocycles. The predicted molar refractivity (Wildman–Crippen MR) is 88.7 cm³/mol. The summed E-state index contributed by atoms with van der Waals surface area (Å²) in [6.07, 6.45) is 1.26. The van der Waals surface area contributed by atoms with Crippen LogP contribution in [-0.2, 0) is 0 Å². The average Bonchev–Trinajstić information content (AvgIpc) is 3.23. The fourth-order valence-electron chi connectivity index (χ4n) is 3.06. The molecule has 3 heteroatoms. The Bertz CT molecular complexity index is 765. The molecule has 1 fully saturated rings. The van der Waals surface area contributed by atoms with E-state index in [2.05, 4.69) is 0 Å². The molecule has 0 unspecified atom stereocenters. The van der Waals surface area contributed by atoms with Gasteiger partial charge in [0.1, 0.15) is 11.6 Å². The number of hydrogen-bond donors (Lipinski definition) is 0. The lowest BCUT2D eigenvalue weighted by Crippen LogP contribution is -2.31. The van der Waals surface area contributed by atoms with Crippen molar-refractivity contribution < 1.29 is 13.9 Å². The maximum absolute atomic E-state index is 14.1. The molecule has 2 aromatic rings. The Kier molecular flexibility index (Phi) is 3.75. The van der Waals surface area contributed by atoms with Gasteiger partial charge in [0.2, 0.25) is 5.78 Å². The first-order chi connectivity index (χ1) is 10.8. The van der Waals surface area contributed by atoms with E-state index in [-0.39, 0.29) is 11.3 Å². The van der Waals surface area contributed by atoms with Crippen LogP contribution in [0.1, 0.15) is 45.5 Å². The molecule has 1 aliphatic rings. The summed E-state index contributed by atoms with van der Waals surface area (Å²) in [6.45, 7) is 7.79. The normalized spacial score (nSPS) is 15.3. The van der Waals surface area contributed by atoms with E-state index in [0.717, 1.165) is 28.0 Å². The Morgan fingerprint density at radius 3 is 2.13 bits per heavy atom. The molecule has 0 bridgehead atoms. The molecule has 0 radical (unpaired) electrons. The van der Waals surface area contributed by atoms with E-state index in [1.54, 1.807) is 19.1 Å². The summed E-state index contributed by atoms with van der Waals surface area (Å²) in [4.78, 5) is 12.8. The van der Waals surface area contributed by atoms with Crippen molar-refractivity contribution in [1.29, 1.82) is 0 Å². The second kappa shape index (κ2) is 5.48. The number of carbonyl (C=O) groups excluding carboxylic acids is 1. The maximum atomic E-state index is 14.1. The van der Waals surface area contributed by atoms with Crippen LogP contribution in [0.3, 0.4) is 0 Å². The van der Waals surface area contributed by atoms with Crippen molar-refractivity contribution >= 4 is 5.78 Å². The third kappa shape index (κ3) is 2.88. The Labute approximate surface area is 136 Å². The highest BCUT2D eigenvalue weighted by molar-refractivity contribution is 6.05. The predicted octanol–water partition coefficient (Wildman–Crippen LogP) is 4.85. The van der Waals surface area contributed by atoms with Crippen LogP contribution in [0.5, 0.6) is 5.75 Å². The first-order valence-corrected chi connectivity index (χ1v) is 7.90. The Balaban J connectivity index is 1.93. The Hall–Kier alpha value is -2.16. The van der Waals surface area contributed by atoms with Gasteiger partial charge in [-0.2, -0.15) is 0 Å². The molecule has 0 N–H and O–H groups in total. The van der Waals surface area contributed by atoms with E-state index in [1.807, 2.05) is 32.9 Å². The van der Waals surface area contributed by atoms with Gasteiger partial charge in [0.05, 0.1) is 5.56 Å². The minimum Gasteiger partial charge on any atom is -0.479 e. The number of hydrogen-bond acceptors (Lipinski definition) is 2. The molecule has 0 atom stereocenters. The van der Waals surface area contributed by atoms with E-state index in [0.29, 0.717) is 12.8 Å². The van der Waals surface area contributed by atoms with Gasteiger partial charge in [-0.15, -0.1) is 0 Å². The third-order valence-electron chi connectivity index (χ3n) is 4.39. The standard InChI is InChI=1S/C20H21FO2/c1-12-5-6-16(17(21)11-12)19(22)20(7-8-20)23-18-14(3)9-13(2)10-15(18)4/h5-6,9-11H,7-8H2,1-4H3. The third-order valence-corrected chi connectivity index (χ3v) is 4.39. The summed E-state index contributed by atoms with van der Waals surface area (Å²) in [7, 11) is 0. The van der Waals surface area contributed by atoms with Crippen LogP contribution in [-0.4, -0.2) is 11.4 Å². The quantitative estimate of drug-likeness (QED) is 0.754. The van der Waals surface area contributed by atoms with Gasteiger partial charge in [-0.3, -0.25) is 4.79 Å². The topological polar surface area (TPSA) is 26.3 Å². The number of carbonyl (C=O) groups is 1. The smallest absolute Gasteiger partial charge is 0.209 e. The SMILES string of the molecule is Cc1cc(C)c(OC2(C(=O)c3ccc(C)cc3F)CC2)c(C)c1. The number of aryl methyl sites for hydroxylation is 4. The van der Waals surface area contributed by atoms with Crippen molar-refractivity contribution in [3.63, 3.8) is 0 Å². The fraction of sp³-hybridized carbons (Fsp3) is 0.350. The molecule has 0 aromatic heterocycles. The highest BCUT2D eigenvalue weighted by Crippen LogP contribution is 2.45. The first kappa shape index (κ1) is 15.7. The van der Waals surface area contributed by atoms with E-state index < -0.39 is 11.4 Å². The van der Waals surface area contributed by atoms with Crippen molar-refractivity contribution in [3.05, 3.63) is 64.0 Å². The van der Waals surface area contributed by atoms with Crippen molar-refractivity contribution in [1.82, 2.24) is 0 Å². The second-order valence-corrected chi connectivity index (χ2v) is 6.64. The molecular formula is C20H21FO2. The highest BCUT2D eigenvalue weighted by atomic mass is 19.1. The monoisotopic (exact) mass is 312 g/mol. The molecular weight excluding hydrogens is 291 g/mol. The first-order valence-electron chi connectivity index (χ1n) is 7.90. The van der Waals surface area contributed by atoms with E-state index in [4.69, 9.17) is 4.74 Å². The zero-order valence-corrected chi connectivity index (χ0v) is 14.0. The molecule has 2 aromatic carbocycles. The summed E-state index contributed by atoms with van der Waals surface area (Å²) in [6, 6.07) is 8.79. The van der Waals surface area contributed by atoms with Gasteiger partial charge in [0, 0.05) is 0 Å². The van der Waals surface area contributed by atoms with Crippen LogP contribution in [0.2, 0.25) is 0 Å². The van der Waals surface area contributed by atoms with E-state index in [9.17, 15) is 9.18 Å². The highest BCUT2D eigenvalue weighted by Gasteiger charge is 2.53. The Morgan fingerprint density at radius 2 is 1.61 bits per heavy atom. The second-order valence-electron chi connectivity index (χ2n) is 6.64. The number of ketones is 1. The molecule has 0 amide bonds. The van der Waals surface area contributed by atoms with Crippen LogP contribution >= 0.6 is 0 Å². The van der Waals surface area contributed by atoms with Gasteiger partial charge in [-0.05, 0) is 69.4 Å². The minimum atomic E-state index is -0.902.